The lowest BCUT2D eigenvalue weighted by atomic mass is 9.84. The third-order valence-electron chi connectivity index (χ3n) is 4.56. The molecule has 1 aliphatic carbocycles. The third-order valence-corrected chi connectivity index (χ3v) is 4.56. The number of fused-ring (bicyclic) bond motifs is 1. The fourth-order valence-electron chi connectivity index (χ4n) is 3.09. The van der Waals surface area contributed by atoms with E-state index in [0.717, 1.165) is 32.1 Å². The van der Waals surface area contributed by atoms with E-state index in [1.807, 2.05) is 17.9 Å². The average molecular weight is 292 g/mol. The van der Waals surface area contributed by atoms with Crippen molar-refractivity contribution in [3.8, 4) is 0 Å². The minimum Gasteiger partial charge on any atom is -0.349 e. The van der Waals surface area contributed by atoms with Crippen molar-refractivity contribution in [2.45, 2.75) is 58.4 Å². The summed E-state index contributed by atoms with van der Waals surface area (Å²) < 4.78 is 1.93. The van der Waals surface area contributed by atoms with Crippen molar-refractivity contribution in [2.75, 3.05) is 6.54 Å². The van der Waals surface area contributed by atoms with Crippen LogP contribution >= 0.6 is 0 Å². The van der Waals surface area contributed by atoms with E-state index in [-0.39, 0.29) is 17.4 Å². The van der Waals surface area contributed by atoms with Crippen molar-refractivity contribution in [2.24, 2.45) is 18.2 Å². The number of hydrogen-bond donors (Lipinski definition) is 2. The summed E-state index contributed by atoms with van der Waals surface area (Å²) in [5.41, 5.74) is 8.21. The highest BCUT2D eigenvalue weighted by Crippen LogP contribution is 2.30. The minimum atomic E-state index is 0.132. The second kappa shape index (κ2) is 6.60. The Morgan fingerprint density at radius 2 is 2.29 bits per heavy atom. The van der Waals surface area contributed by atoms with Crippen molar-refractivity contribution in [1.29, 1.82) is 0 Å². The predicted octanol–water partition coefficient (Wildman–Crippen LogP) is 2.07. The van der Waals surface area contributed by atoms with Gasteiger partial charge in [0, 0.05) is 24.7 Å². The molecule has 1 aliphatic rings. The fourth-order valence-corrected chi connectivity index (χ4v) is 3.09. The van der Waals surface area contributed by atoms with Gasteiger partial charge in [0.1, 0.15) is 0 Å². The Bertz CT molecular complexity index is 492. The maximum absolute atomic E-state index is 12.2. The Kier molecular flexibility index (Phi) is 5.04. The SMILES string of the molecule is Cn1ncc2c1CCCC2NC(=O)CCC(C)(C)CCN. The molecule has 1 aromatic rings. The monoisotopic (exact) mass is 292 g/mol. The number of rotatable bonds is 6. The molecule has 3 N–H and O–H groups in total. The van der Waals surface area contributed by atoms with Gasteiger partial charge in [-0.1, -0.05) is 13.8 Å². The Morgan fingerprint density at radius 3 is 3.00 bits per heavy atom. The molecule has 0 bridgehead atoms. The molecule has 0 aromatic carbocycles. The van der Waals surface area contributed by atoms with Crippen molar-refractivity contribution in [3.63, 3.8) is 0 Å². The number of carbonyl (C=O) groups excluding carboxylic acids is 1. The van der Waals surface area contributed by atoms with E-state index in [1.165, 1.54) is 11.3 Å². The van der Waals surface area contributed by atoms with Gasteiger partial charge in [0.15, 0.2) is 0 Å². The summed E-state index contributed by atoms with van der Waals surface area (Å²) in [6.45, 7) is 5.02. The number of aromatic nitrogens is 2. The summed E-state index contributed by atoms with van der Waals surface area (Å²) in [5.74, 6) is 0.141. The smallest absolute Gasteiger partial charge is 0.220 e. The molecule has 0 spiro atoms. The highest BCUT2D eigenvalue weighted by atomic mass is 16.1. The number of aryl methyl sites for hydroxylation is 1. The molecule has 1 heterocycles. The van der Waals surface area contributed by atoms with Gasteiger partial charge in [0.05, 0.1) is 12.2 Å². The highest BCUT2D eigenvalue weighted by Gasteiger charge is 2.25. The molecule has 5 nitrogen and oxygen atoms in total. The van der Waals surface area contributed by atoms with Crippen LogP contribution in [-0.2, 0) is 18.3 Å². The molecular weight excluding hydrogens is 264 g/mol. The van der Waals surface area contributed by atoms with Gasteiger partial charge >= 0.3 is 0 Å². The van der Waals surface area contributed by atoms with Crippen LogP contribution in [0.4, 0.5) is 0 Å². The molecule has 5 heteroatoms. The molecule has 0 aliphatic heterocycles. The largest absolute Gasteiger partial charge is 0.349 e. The van der Waals surface area contributed by atoms with Gasteiger partial charge < -0.3 is 11.1 Å². The van der Waals surface area contributed by atoms with Crippen molar-refractivity contribution in [3.05, 3.63) is 17.5 Å². The summed E-state index contributed by atoms with van der Waals surface area (Å²) in [7, 11) is 1.97. The number of nitrogens with two attached hydrogens (primary N) is 1. The van der Waals surface area contributed by atoms with Gasteiger partial charge in [-0.05, 0) is 44.1 Å². The number of amides is 1. The first-order chi connectivity index (χ1) is 9.93. The van der Waals surface area contributed by atoms with Crippen LogP contribution in [0.5, 0.6) is 0 Å². The van der Waals surface area contributed by atoms with E-state index in [0.29, 0.717) is 13.0 Å². The highest BCUT2D eigenvalue weighted by molar-refractivity contribution is 5.76. The number of hydrogen-bond acceptors (Lipinski definition) is 3. The molecule has 1 unspecified atom stereocenters. The van der Waals surface area contributed by atoms with E-state index in [1.54, 1.807) is 0 Å². The normalized spacial score (nSPS) is 18.4. The van der Waals surface area contributed by atoms with Crippen LogP contribution in [0.2, 0.25) is 0 Å². The third kappa shape index (κ3) is 4.06. The Morgan fingerprint density at radius 1 is 1.52 bits per heavy atom. The maximum atomic E-state index is 12.2. The fraction of sp³-hybridized carbons (Fsp3) is 0.750. The van der Waals surface area contributed by atoms with Crippen LogP contribution < -0.4 is 11.1 Å². The van der Waals surface area contributed by atoms with Crippen LogP contribution in [0.15, 0.2) is 6.20 Å². The predicted molar refractivity (Wildman–Crippen MR) is 83.7 cm³/mol. The second-order valence-electron chi connectivity index (χ2n) is 6.89. The van der Waals surface area contributed by atoms with E-state index < -0.39 is 0 Å². The van der Waals surface area contributed by atoms with Gasteiger partial charge in [-0.25, -0.2) is 0 Å². The zero-order chi connectivity index (χ0) is 15.5. The van der Waals surface area contributed by atoms with E-state index >= 15 is 0 Å². The molecule has 1 atom stereocenters. The summed E-state index contributed by atoms with van der Waals surface area (Å²) in [5, 5.41) is 7.50. The first kappa shape index (κ1) is 16.0. The first-order valence-corrected chi connectivity index (χ1v) is 7.93. The molecule has 0 radical (unpaired) electrons. The summed E-state index contributed by atoms with van der Waals surface area (Å²) in [6, 6.07) is 0.132. The minimum absolute atomic E-state index is 0.132. The molecule has 0 fully saturated rings. The molecule has 118 valence electrons. The number of nitrogens with one attached hydrogen (secondary N) is 1. The first-order valence-electron chi connectivity index (χ1n) is 7.93. The lowest BCUT2D eigenvalue weighted by Crippen LogP contribution is -2.31. The maximum Gasteiger partial charge on any atom is 0.220 e. The standard InChI is InChI=1S/C16H28N4O/c1-16(2,9-10-17)8-7-15(21)19-13-5-4-6-14-12(13)11-18-20(14)3/h11,13H,4-10,17H2,1-3H3,(H,19,21). The van der Waals surface area contributed by atoms with Gasteiger partial charge in [-0.2, -0.15) is 5.10 Å². The second-order valence-corrected chi connectivity index (χ2v) is 6.89. The van der Waals surface area contributed by atoms with Crippen LogP contribution in [-0.4, -0.2) is 22.2 Å². The van der Waals surface area contributed by atoms with Gasteiger partial charge in [0.25, 0.3) is 0 Å². The molecule has 0 saturated heterocycles. The Balaban J connectivity index is 1.89. The van der Waals surface area contributed by atoms with E-state index in [9.17, 15) is 4.79 Å². The van der Waals surface area contributed by atoms with Gasteiger partial charge in [0.2, 0.25) is 5.91 Å². The van der Waals surface area contributed by atoms with Crippen LogP contribution in [0, 0.1) is 5.41 Å². The molecule has 21 heavy (non-hydrogen) atoms. The lowest BCUT2D eigenvalue weighted by molar-refractivity contribution is -0.122. The zero-order valence-corrected chi connectivity index (χ0v) is 13.5. The lowest BCUT2D eigenvalue weighted by Gasteiger charge is -2.26. The van der Waals surface area contributed by atoms with Gasteiger partial charge in [-0.3, -0.25) is 9.48 Å². The number of carbonyl (C=O) groups is 1. The van der Waals surface area contributed by atoms with Crippen LogP contribution in [0.25, 0.3) is 0 Å². The summed E-state index contributed by atoms with van der Waals surface area (Å²) in [4.78, 5) is 12.2. The van der Waals surface area contributed by atoms with Crippen molar-refractivity contribution in [1.82, 2.24) is 15.1 Å². The molecular formula is C16H28N4O. The van der Waals surface area contributed by atoms with Crippen molar-refractivity contribution >= 4 is 5.91 Å². The number of nitrogens with zero attached hydrogens (tertiary/aromatic N) is 2. The summed E-state index contributed by atoms with van der Waals surface area (Å²) in [6.07, 6.45) is 7.48. The summed E-state index contributed by atoms with van der Waals surface area (Å²) >= 11 is 0. The topological polar surface area (TPSA) is 72.9 Å². The Labute approximate surface area is 127 Å². The molecule has 1 amide bonds. The zero-order valence-electron chi connectivity index (χ0n) is 13.5. The average Bonchev–Trinajstić information content (AvgIpc) is 2.80. The quantitative estimate of drug-likeness (QED) is 0.843. The van der Waals surface area contributed by atoms with E-state index in [2.05, 4.69) is 24.3 Å². The van der Waals surface area contributed by atoms with Crippen LogP contribution in [0.3, 0.4) is 0 Å². The van der Waals surface area contributed by atoms with Crippen LogP contribution in [0.1, 0.15) is 63.3 Å². The molecule has 2 rings (SSSR count). The molecule has 0 saturated carbocycles. The van der Waals surface area contributed by atoms with E-state index in [4.69, 9.17) is 5.73 Å². The van der Waals surface area contributed by atoms with Gasteiger partial charge in [-0.15, -0.1) is 0 Å². The van der Waals surface area contributed by atoms with Crippen molar-refractivity contribution < 1.29 is 4.79 Å². The molecule has 1 aromatic heterocycles. The Hall–Kier alpha value is -1.36.